The number of ether oxygens (including phenoxy) is 1. The van der Waals surface area contributed by atoms with Crippen LogP contribution in [0.5, 0.6) is 5.75 Å². The van der Waals surface area contributed by atoms with Gasteiger partial charge in [0, 0.05) is 56.6 Å². The van der Waals surface area contributed by atoms with Gasteiger partial charge in [-0.05, 0) is 80.3 Å². The summed E-state index contributed by atoms with van der Waals surface area (Å²) in [6.45, 7) is 10.4. The summed E-state index contributed by atoms with van der Waals surface area (Å²) in [6.07, 6.45) is 2.92. The summed E-state index contributed by atoms with van der Waals surface area (Å²) in [5.41, 5.74) is 3.23. The van der Waals surface area contributed by atoms with Crippen LogP contribution in [0.1, 0.15) is 73.8 Å². The molecule has 3 aromatic rings. The zero-order valence-corrected chi connectivity index (χ0v) is 26.7. The Morgan fingerprint density at radius 1 is 1.07 bits per heavy atom. The lowest BCUT2D eigenvalue weighted by Crippen LogP contribution is -2.50. The number of urea groups is 1. The van der Waals surface area contributed by atoms with Crippen molar-refractivity contribution in [3.8, 4) is 5.75 Å². The van der Waals surface area contributed by atoms with Crippen LogP contribution in [-0.2, 0) is 26.1 Å². The fraction of sp³-hybridized carbons (Fsp3) is 0.514. The zero-order chi connectivity index (χ0) is 31.9. The Kier molecular flexibility index (Phi) is 10.9. The van der Waals surface area contributed by atoms with Crippen molar-refractivity contribution < 1.29 is 19.0 Å². The molecule has 3 heterocycles. The molecule has 45 heavy (non-hydrogen) atoms. The fourth-order valence-electron chi connectivity index (χ4n) is 6.17. The Bertz CT molecular complexity index is 1480. The van der Waals surface area contributed by atoms with Crippen molar-refractivity contribution in [1.82, 2.24) is 24.7 Å². The van der Waals surface area contributed by atoms with E-state index >= 15 is 0 Å². The number of nitrogens with one attached hydrogen (secondary N) is 1. The molecule has 1 fully saturated rings. The summed E-state index contributed by atoms with van der Waals surface area (Å²) >= 11 is 0. The molecule has 1 aromatic heterocycles. The highest BCUT2D eigenvalue weighted by Crippen LogP contribution is 2.23. The first-order valence-corrected chi connectivity index (χ1v) is 16.2. The molecule has 10 heteroatoms. The first-order valence-electron chi connectivity index (χ1n) is 16.2. The Labute approximate surface area is 265 Å². The second-order valence-corrected chi connectivity index (χ2v) is 12.7. The number of likely N-dealkylation sites (tertiary alicyclic amines) is 1. The third kappa shape index (κ3) is 8.49. The quantitative estimate of drug-likeness (QED) is 0.315. The van der Waals surface area contributed by atoms with Gasteiger partial charge >= 0.3 is 6.03 Å². The van der Waals surface area contributed by atoms with Gasteiger partial charge < -0.3 is 25.0 Å². The van der Waals surface area contributed by atoms with E-state index in [1.54, 1.807) is 16.7 Å². The van der Waals surface area contributed by atoms with Gasteiger partial charge in [0.25, 0.3) is 5.56 Å². The summed E-state index contributed by atoms with van der Waals surface area (Å²) < 4.78 is 21.0. The van der Waals surface area contributed by atoms with Gasteiger partial charge in [0.15, 0.2) is 0 Å². The largest absolute Gasteiger partial charge is 0.493 e. The van der Waals surface area contributed by atoms with E-state index in [0.29, 0.717) is 62.1 Å². The molecule has 1 atom stereocenters. The number of aromatic nitrogens is 2. The summed E-state index contributed by atoms with van der Waals surface area (Å²) in [5.74, 6) is 1.44. The third-order valence-electron chi connectivity index (χ3n) is 8.81. The molecule has 9 nitrogen and oxygen atoms in total. The van der Waals surface area contributed by atoms with E-state index in [9.17, 15) is 19.1 Å². The first kappa shape index (κ1) is 32.6. The molecule has 2 aliphatic rings. The van der Waals surface area contributed by atoms with E-state index < -0.39 is 6.10 Å². The van der Waals surface area contributed by atoms with E-state index in [-0.39, 0.29) is 23.4 Å². The van der Waals surface area contributed by atoms with Gasteiger partial charge in [0.1, 0.15) is 23.5 Å². The van der Waals surface area contributed by atoms with Gasteiger partial charge in [-0.3, -0.25) is 9.36 Å². The smallest absolute Gasteiger partial charge is 0.318 e. The molecule has 0 radical (unpaired) electrons. The number of benzene rings is 2. The minimum atomic E-state index is -0.678. The second kappa shape index (κ2) is 15.0. The van der Waals surface area contributed by atoms with Crippen molar-refractivity contribution >= 4 is 6.03 Å². The summed E-state index contributed by atoms with van der Waals surface area (Å²) in [7, 11) is 0. The number of fused-ring (bicyclic) bond motifs is 1. The fourth-order valence-corrected chi connectivity index (χ4v) is 6.17. The molecule has 1 unspecified atom stereocenters. The van der Waals surface area contributed by atoms with E-state index in [2.05, 4.69) is 29.0 Å². The minimum absolute atomic E-state index is 0.0253. The van der Waals surface area contributed by atoms with Crippen LogP contribution >= 0.6 is 0 Å². The molecule has 1 saturated heterocycles. The molecule has 2 aromatic carbocycles. The summed E-state index contributed by atoms with van der Waals surface area (Å²) in [4.78, 5) is 35.6. The molecule has 2 N–H and O–H groups in total. The van der Waals surface area contributed by atoms with Crippen LogP contribution < -0.4 is 15.6 Å². The van der Waals surface area contributed by atoms with Crippen molar-refractivity contribution in [2.24, 2.45) is 5.92 Å². The monoisotopic (exact) mass is 619 g/mol. The van der Waals surface area contributed by atoms with Crippen molar-refractivity contribution in [2.75, 3.05) is 26.2 Å². The van der Waals surface area contributed by atoms with Crippen LogP contribution in [0.4, 0.5) is 9.18 Å². The number of hydrogen-bond donors (Lipinski definition) is 2. The highest BCUT2D eigenvalue weighted by molar-refractivity contribution is 5.74. The molecule has 5 rings (SSSR count). The number of hydrogen-bond acceptors (Lipinski definition) is 6. The maximum atomic E-state index is 13.6. The zero-order valence-electron chi connectivity index (χ0n) is 26.7. The minimum Gasteiger partial charge on any atom is -0.493 e. The number of halogens is 1. The lowest BCUT2D eigenvalue weighted by atomic mass is 10.0. The number of aliphatic hydroxyl groups excluding tert-OH is 1. The highest BCUT2D eigenvalue weighted by atomic mass is 19.1. The maximum absolute atomic E-state index is 13.6. The van der Waals surface area contributed by atoms with Gasteiger partial charge in [-0.25, -0.2) is 14.2 Å². The van der Waals surface area contributed by atoms with Gasteiger partial charge in [0.05, 0.1) is 6.61 Å². The van der Waals surface area contributed by atoms with E-state index in [1.165, 1.54) is 12.1 Å². The highest BCUT2D eigenvalue weighted by Gasteiger charge is 2.29. The van der Waals surface area contributed by atoms with Crippen molar-refractivity contribution in [3.63, 3.8) is 0 Å². The molecule has 0 bridgehead atoms. The van der Waals surface area contributed by atoms with Gasteiger partial charge in [-0.15, -0.1) is 0 Å². The van der Waals surface area contributed by atoms with Crippen LogP contribution in [0.3, 0.4) is 0 Å². The topological polar surface area (TPSA) is 99.9 Å². The molecule has 0 spiro atoms. The maximum Gasteiger partial charge on any atom is 0.318 e. The number of aryl methyl sites for hydroxylation is 1. The van der Waals surface area contributed by atoms with Gasteiger partial charge in [-0.1, -0.05) is 38.1 Å². The lowest BCUT2D eigenvalue weighted by molar-refractivity contribution is 0.116. The van der Waals surface area contributed by atoms with E-state index in [4.69, 9.17) is 4.74 Å². The van der Waals surface area contributed by atoms with Crippen LogP contribution in [-0.4, -0.2) is 62.8 Å². The third-order valence-corrected chi connectivity index (χ3v) is 8.81. The molecule has 2 amide bonds. The number of piperidine rings is 1. The average Bonchev–Trinajstić information content (AvgIpc) is 3.03. The predicted molar refractivity (Wildman–Crippen MR) is 172 cm³/mol. The number of aliphatic hydroxyl groups is 1. The normalized spacial score (nSPS) is 17.2. The molecule has 242 valence electrons. The lowest BCUT2D eigenvalue weighted by Gasteiger charge is -2.38. The summed E-state index contributed by atoms with van der Waals surface area (Å²) in [5, 5.41) is 13.4. The second-order valence-electron chi connectivity index (χ2n) is 12.7. The predicted octanol–water partition coefficient (Wildman–Crippen LogP) is 4.97. The van der Waals surface area contributed by atoms with Crippen LogP contribution in [0, 0.1) is 18.7 Å². The Morgan fingerprint density at radius 3 is 2.44 bits per heavy atom. The first-order chi connectivity index (χ1) is 21.7. The van der Waals surface area contributed by atoms with Crippen LogP contribution in [0.25, 0.3) is 0 Å². The van der Waals surface area contributed by atoms with Crippen LogP contribution in [0.2, 0.25) is 0 Å². The molecule has 0 saturated carbocycles. The van der Waals surface area contributed by atoms with Gasteiger partial charge in [0.2, 0.25) is 0 Å². The van der Waals surface area contributed by atoms with E-state index in [0.717, 1.165) is 55.8 Å². The Morgan fingerprint density at radius 2 is 1.76 bits per heavy atom. The van der Waals surface area contributed by atoms with E-state index in [1.807, 2.05) is 36.1 Å². The number of amides is 2. The van der Waals surface area contributed by atoms with Crippen molar-refractivity contribution in [3.05, 3.63) is 92.9 Å². The standard InChI is InChI=1S/C35H46FN5O4/c1-24(2)23-45-30-12-8-26(9-13-30)21-37-35(44)41(22-27-6-10-28(36)11-7-27)29-14-18-39(19-15-29)20-16-31-25(3)38-33-32(42)5-4-17-40(33)34(31)43/h6-13,24,29,32,42H,4-5,14-23H2,1-3H3,(H,37,44). The Balaban J connectivity index is 1.19. The molecule has 0 aliphatic carbocycles. The number of carbonyl (C=O) groups is 1. The SMILES string of the molecule is Cc1nc2n(c(=O)c1CCN1CCC(N(Cc3ccc(F)cc3)C(=O)NCc3ccc(OCC(C)C)cc3)CC1)CCCC2O. The average molecular weight is 620 g/mol. The molecular formula is C35H46FN5O4. The molecule has 2 aliphatic heterocycles. The Hall–Kier alpha value is -3.76. The number of rotatable bonds is 11. The van der Waals surface area contributed by atoms with Crippen LogP contribution in [0.15, 0.2) is 53.3 Å². The summed E-state index contributed by atoms with van der Waals surface area (Å²) in [6, 6.07) is 14.0. The number of nitrogens with zero attached hydrogens (tertiary/aromatic N) is 4. The van der Waals surface area contributed by atoms with Crippen molar-refractivity contribution in [1.29, 1.82) is 0 Å². The van der Waals surface area contributed by atoms with Gasteiger partial charge in [-0.2, -0.15) is 0 Å². The van der Waals surface area contributed by atoms with Crippen molar-refractivity contribution in [2.45, 2.75) is 84.7 Å². The molecular weight excluding hydrogens is 573 g/mol. The number of carbonyl (C=O) groups excluding carboxylic acids is 1.